The van der Waals surface area contributed by atoms with E-state index in [0.717, 1.165) is 43.2 Å². The molecule has 2 aliphatic rings. The monoisotopic (exact) mass is 1030 g/mol. The third kappa shape index (κ3) is 14.3. The number of anilines is 1. The molecule has 0 aliphatic carbocycles. The molecule has 2 saturated heterocycles. The van der Waals surface area contributed by atoms with Gasteiger partial charge in [-0.1, -0.05) is 6.92 Å². The normalized spacial score (nSPS) is 12.9. The van der Waals surface area contributed by atoms with Crippen LogP contribution in [0.4, 0.5) is 10.1 Å². The summed E-state index contributed by atoms with van der Waals surface area (Å²) < 4.78 is 80.7. The molecule has 0 spiro atoms. The zero-order valence-corrected chi connectivity index (χ0v) is 41.2. The van der Waals surface area contributed by atoms with Crippen LogP contribution in [0.25, 0.3) is 67.0 Å². The molecule has 4 aromatic carbocycles. The third-order valence-electron chi connectivity index (χ3n) is 10.9. The Labute approximate surface area is 410 Å². The summed E-state index contributed by atoms with van der Waals surface area (Å²) in [4.78, 5) is 70.0. The number of hydrogen-bond acceptors (Lipinski definition) is 19. The average Bonchev–Trinajstić information content (AvgIpc) is 3.89. The fraction of sp³-hybridized carbons (Fsp3) is 0.292. The number of oxazole rings is 2. The number of primary sulfonamides is 2. The number of benzene rings is 4. The second kappa shape index (κ2) is 24.5. The van der Waals surface area contributed by atoms with Gasteiger partial charge in [0.1, 0.15) is 39.1 Å². The number of nitrogens with one attached hydrogen (secondary N) is 1. The lowest BCUT2D eigenvalue weighted by Gasteiger charge is -2.33. The second-order valence-corrected chi connectivity index (χ2v) is 19.4. The van der Waals surface area contributed by atoms with Gasteiger partial charge in [-0.25, -0.2) is 51.1 Å². The Balaban J connectivity index is 0.000000198. The van der Waals surface area contributed by atoms with Crippen molar-refractivity contribution in [1.29, 1.82) is 0 Å². The lowest BCUT2D eigenvalue weighted by molar-refractivity contribution is -0.193. The number of nitrogens with zero attached hydrogens (tertiary/aromatic N) is 4. The smallest absolute Gasteiger partial charge is 0.373 e. The maximum atomic E-state index is 13.2. The maximum Gasteiger partial charge on any atom is 0.373 e. The van der Waals surface area contributed by atoms with Gasteiger partial charge in [-0.05, 0) is 121 Å². The van der Waals surface area contributed by atoms with Crippen molar-refractivity contribution in [3.05, 3.63) is 112 Å². The van der Waals surface area contributed by atoms with Crippen LogP contribution >= 0.6 is 0 Å². The van der Waals surface area contributed by atoms with Crippen LogP contribution in [0.15, 0.2) is 122 Å². The predicted molar refractivity (Wildman–Crippen MR) is 261 cm³/mol. The molecule has 24 heteroatoms. The van der Waals surface area contributed by atoms with Crippen LogP contribution in [0.5, 0.6) is 0 Å². The van der Waals surface area contributed by atoms with Crippen LogP contribution in [0.3, 0.4) is 0 Å². The molecule has 10 rings (SSSR count). The Kier molecular flexibility index (Phi) is 18.9. The van der Waals surface area contributed by atoms with Gasteiger partial charge in [-0.3, -0.25) is 4.90 Å². The van der Waals surface area contributed by atoms with Crippen LogP contribution in [-0.2, 0) is 39.2 Å². The number of halogens is 1. The van der Waals surface area contributed by atoms with E-state index in [2.05, 4.69) is 59.7 Å². The lowest BCUT2D eigenvalue weighted by atomic mass is 10.1. The molecule has 6 heterocycles. The summed E-state index contributed by atoms with van der Waals surface area (Å²) in [6.45, 7) is 16.8. The van der Waals surface area contributed by atoms with Gasteiger partial charge in [0.15, 0.2) is 11.2 Å². The molecule has 4 aromatic heterocycles. The molecule has 0 atom stereocenters. The third-order valence-corrected chi connectivity index (χ3v) is 12.7. The van der Waals surface area contributed by atoms with Crippen molar-refractivity contribution >= 4 is 82.2 Å². The molecular formula is C48H50FN7O14S2. The largest absolute Gasteiger partial charge is 0.436 e. The van der Waals surface area contributed by atoms with Crippen molar-refractivity contribution in [3.8, 4) is 22.9 Å². The van der Waals surface area contributed by atoms with Crippen LogP contribution in [0.1, 0.15) is 47.5 Å². The van der Waals surface area contributed by atoms with Gasteiger partial charge in [0.05, 0.1) is 9.79 Å². The number of carbonyl (C=O) groups excluding carboxylic acids is 4. The Morgan fingerprint density at radius 1 is 0.639 bits per heavy atom. The lowest BCUT2D eigenvalue weighted by Crippen LogP contribution is -2.36. The summed E-state index contributed by atoms with van der Waals surface area (Å²) in [5, 5.41) is 14.6. The number of fused-ring (bicyclic) bond motifs is 4. The average molecular weight is 1030 g/mol. The first-order valence-electron chi connectivity index (χ1n) is 22.0. The van der Waals surface area contributed by atoms with Crippen molar-refractivity contribution in [1.82, 2.24) is 20.2 Å². The summed E-state index contributed by atoms with van der Waals surface area (Å²) in [6.07, 6.45) is 3.05. The first kappa shape index (κ1) is 55.4. The topological polar surface area (TPSA) is 320 Å². The Bertz CT molecular complexity index is 3580. The van der Waals surface area contributed by atoms with Gasteiger partial charge in [-0.15, -0.1) is 0 Å². The van der Waals surface area contributed by atoms with Crippen LogP contribution in [0.2, 0.25) is 0 Å². The molecule has 0 saturated carbocycles. The molecule has 0 unspecified atom stereocenters. The highest BCUT2D eigenvalue weighted by molar-refractivity contribution is 7.89. The van der Waals surface area contributed by atoms with Gasteiger partial charge in [0, 0.05) is 65.9 Å². The minimum atomic E-state index is -3.89. The summed E-state index contributed by atoms with van der Waals surface area (Å²) >= 11 is 0. The predicted octanol–water partition coefficient (Wildman–Crippen LogP) is 5.78. The van der Waals surface area contributed by atoms with Crippen molar-refractivity contribution in [2.24, 2.45) is 10.3 Å². The van der Waals surface area contributed by atoms with Crippen molar-refractivity contribution in [2.45, 2.75) is 69.3 Å². The molecule has 72 heavy (non-hydrogen) atoms. The number of sulfonamides is 2. The molecule has 2 aliphatic heterocycles. The van der Waals surface area contributed by atoms with E-state index in [9.17, 15) is 30.8 Å². The van der Waals surface area contributed by atoms with Crippen molar-refractivity contribution in [2.75, 3.05) is 37.6 Å². The number of hydrogen-bond donors (Lipinski definition) is 3. The highest BCUT2D eigenvalue weighted by Crippen LogP contribution is 2.30. The van der Waals surface area contributed by atoms with Crippen molar-refractivity contribution < 1.29 is 58.1 Å². The molecular weight excluding hydrogens is 982 g/mol. The standard InChI is InChI=1S/C19H15N3O5S.C16H9FN2O5S.C8H19N.C3H7N.2CO2/c20-28(24,25)13-4-5-15-17(10-13)26-18(21-15)14-8-11-2-3-12(22-6-1-7-22)9-16(11)27-19(14)23;17-9-2-1-8-5-11(16(20)24-13(8)6-9)15-19-12-4-3-10(25(18,21)22)7-14(12)23-15;1-6-9(7(2)3)8(4)5;1-2-4-3-1;2*2-1-3/h2-5,8-10H,1,6-7H2,(H2,20,24,25);1-7H,(H2,18,21,22);7-8H,6H2,1-5H3;4H,1-3H2;;. The summed E-state index contributed by atoms with van der Waals surface area (Å²) in [5.74, 6) is -0.508. The van der Waals surface area contributed by atoms with Gasteiger partial charge in [0.25, 0.3) is 0 Å². The summed E-state index contributed by atoms with van der Waals surface area (Å²) in [5.41, 5.74) is 1.61. The van der Waals surface area contributed by atoms with Gasteiger partial charge in [-0.2, -0.15) is 19.2 Å². The minimum absolute atomic E-state index is 0.0347. The van der Waals surface area contributed by atoms with E-state index < -0.39 is 37.1 Å². The minimum Gasteiger partial charge on any atom is -0.436 e. The first-order valence-corrected chi connectivity index (χ1v) is 25.1. The van der Waals surface area contributed by atoms with E-state index in [1.54, 1.807) is 6.07 Å². The van der Waals surface area contributed by atoms with E-state index in [-0.39, 0.29) is 61.8 Å². The van der Waals surface area contributed by atoms with Crippen molar-refractivity contribution in [3.63, 3.8) is 0 Å². The molecule has 0 amide bonds. The van der Waals surface area contributed by atoms with E-state index >= 15 is 0 Å². The summed E-state index contributed by atoms with van der Waals surface area (Å²) in [6, 6.07) is 22.0. The zero-order valence-electron chi connectivity index (χ0n) is 39.5. The highest BCUT2D eigenvalue weighted by Gasteiger charge is 2.20. The Morgan fingerprint density at radius 2 is 1.06 bits per heavy atom. The molecule has 0 radical (unpaired) electrons. The summed E-state index contributed by atoms with van der Waals surface area (Å²) in [7, 11) is -7.76. The first-order chi connectivity index (χ1) is 34.1. The number of rotatable bonds is 8. The molecule has 5 N–H and O–H groups in total. The molecule has 8 aromatic rings. The Morgan fingerprint density at radius 3 is 1.40 bits per heavy atom. The van der Waals surface area contributed by atoms with Crippen LogP contribution in [0, 0.1) is 5.82 Å². The van der Waals surface area contributed by atoms with Gasteiger partial charge >= 0.3 is 23.6 Å². The van der Waals surface area contributed by atoms with Crippen LogP contribution in [-0.4, -0.2) is 88.8 Å². The quantitative estimate of drug-likeness (QED) is 0.152. The fourth-order valence-electron chi connectivity index (χ4n) is 7.15. The molecule has 380 valence electrons. The fourth-order valence-corrected chi connectivity index (χ4v) is 8.21. The van der Waals surface area contributed by atoms with Gasteiger partial charge < -0.3 is 27.9 Å². The maximum absolute atomic E-state index is 13.2. The molecule has 0 bridgehead atoms. The Hall–Kier alpha value is -7.53. The van der Waals surface area contributed by atoms with Gasteiger partial charge in [0.2, 0.25) is 31.8 Å². The zero-order chi connectivity index (χ0) is 52.9. The molecule has 2 fully saturated rings. The van der Waals surface area contributed by atoms with E-state index in [0.29, 0.717) is 34.1 Å². The van der Waals surface area contributed by atoms with E-state index in [1.165, 1.54) is 74.1 Å². The number of nitrogens with two attached hydrogens (primary N) is 2. The van der Waals surface area contributed by atoms with E-state index in [4.69, 9.17) is 47.1 Å². The number of aromatic nitrogens is 2. The SMILES string of the molecule is C1CNC1.CCN(C(C)C)C(C)C.NS(=O)(=O)c1ccc2nc(-c3cc4ccc(F)cc4oc3=O)oc2c1.NS(=O)(=O)c1ccc2nc(-c3cc4ccc(N5CCC5)cc4oc3=O)oc2c1.O=C=O.O=C=O. The van der Waals surface area contributed by atoms with E-state index in [1.807, 2.05) is 18.2 Å². The van der Waals surface area contributed by atoms with Crippen LogP contribution < -0.4 is 31.7 Å². The highest BCUT2D eigenvalue weighted by atomic mass is 32.2. The second-order valence-electron chi connectivity index (χ2n) is 16.3. The molecule has 21 nitrogen and oxygen atoms in total.